The first-order valence-electron chi connectivity index (χ1n) is 6.51. The van der Waals surface area contributed by atoms with Gasteiger partial charge in [-0.15, -0.1) is 0 Å². The average Bonchev–Trinajstić information content (AvgIpc) is 2.88. The number of nitrogens with zero attached hydrogens (tertiary/aromatic N) is 1. The van der Waals surface area contributed by atoms with E-state index in [4.69, 9.17) is 10.5 Å². The smallest absolute Gasteiger partial charge is 0.123 e. The van der Waals surface area contributed by atoms with Crippen LogP contribution >= 0.6 is 0 Å². The van der Waals surface area contributed by atoms with Crippen molar-refractivity contribution in [3.8, 4) is 5.75 Å². The molecule has 4 heteroatoms. The van der Waals surface area contributed by atoms with Crippen molar-refractivity contribution in [2.24, 2.45) is 5.73 Å². The van der Waals surface area contributed by atoms with Crippen LogP contribution in [0.25, 0.3) is 0 Å². The molecular weight excluding hydrogens is 228 g/mol. The van der Waals surface area contributed by atoms with Crippen molar-refractivity contribution in [1.82, 2.24) is 4.90 Å². The maximum atomic E-state index is 9.44. The Hall–Kier alpha value is -1.10. The third kappa shape index (κ3) is 2.51. The van der Waals surface area contributed by atoms with Crippen LogP contribution in [0.5, 0.6) is 5.75 Å². The fourth-order valence-corrected chi connectivity index (χ4v) is 2.85. The van der Waals surface area contributed by atoms with Gasteiger partial charge in [0.05, 0.1) is 19.8 Å². The van der Waals surface area contributed by atoms with E-state index in [0.29, 0.717) is 6.54 Å². The van der Waals surface area contributed by atoms with E-state index in [9.17, 15) is 5.11 Å². The van der Waals surface area contributed by atoms with Crippen LogP contribution in [0.4, 0.5) is 0 Å². The second-order valence-corrected chi connectivity index (χ2v) is 4.71. The number of ether oxygens (including phenoxy) is 1. The quantitative estimate of drug-likeness (QED) is 0.823. The predicted molar refractivity (Wildman–Crippen MR) is 71.6 cm³/mol. The van der Waals surface area contributed by atoms with Crippen LogP contribution in [0.1, 0.15) is 24.4 Å². The average molecular weight is 250 g/mol. The highest BCUT2D eigenvalue weighted by molar-refractivity contribution is 5.36. The van der Waals surface area contributed by atoms with Crippen molar-refractivity contribution in [2.75, 3.05) is 26.8 Å². The SMILES string of the molecule is COc1ccccc1C(CN)N1CCCC1CO. The summed E-state index contributed by atoms with van der Waals surface area (Å²) in [7, 11) is 1.68. The largest absolute Gasteiger partial charge is 0.496 e. The lowest BCUT2D eigenvalue weighted by atomic mass is 10.0. The number of aliphatic hydroxyl groups excluding tert-OH is 1. The van der Waals surface area contributed by atoms with Crippen molar-refractivity contribution in [1.29, 1.82) is 0 Å². The Kier molecular flexibility index (Phi) is 4.58. The Morgan fingerprint density at radius 1 is 1.50 bits per heavy atom. The number of aliphatic hydroxyl groups is 1. The molecule has 3 N–H and O–H groups in total. The molecule has 2 atom stereocenters. The maximum Gasteiger partial charge on any atom is 0.123 e. The van der Waals surface area contributed by atoms with Crippen LogP contribution in [0, 0.1) is 0 Å². The number of methoxy groups -OCH3 is 1. The number of hydrogen-bond donors (Lipinski definition) is 2. The van der Waals surface area contributed by atoms with Crippen LogP contribution in [0.15, 0.2) is 24.3 Å². The highest BCUT2D eigenvalue weighted by Gasteiger charge is 2.31. The molecule has 1 heterocycles. The minimum atomic E-state index is 0.126. The van der Waals surface area contributed by atoms with Crippen LogP contribution < -0.4 is 10.5 Å². The van der Waals surface area contributed by atoms with Gasteiger partial charge in [0.2, 0.25) is 0 Å². The number of hydrogen-bond acceptors (Lipinski definition) is 4. The molecule has 1 aromatic carbocycles. The van der Waals surface area contributed by atoms with Crippen LogP contribution in [-0.2, 0) is 0 Å². The third-order valence-corrected chi connectivity index (χ3v) is 3.75. The van der Waals surface area contributed by atoms with Gasteiger partial charge in [0, 0.05) is 18.2 Å². The number of rotatable bonds is 5. The molecule has 18 heavy (non-hydrogen) atoms. The summed E-state index contributed by atoms with van der Waals surface area (Å²) in [5, 5.41) is 9.44. The Morgan fingerprint density at radius 3 is 2.94 bits per heavy atom. The van der Waals surface area contributed by atoms with Gasteiger partial charge < -0.3 is 15.6 Å². The standard InChI is InChI=1S/C14H22N2O2/c1-18-14-7-3-2-6-12(14)13(9-15)16-8-4-5-11(16)10-17/h2-3,6-7,11,13,17H,4-5,8-10,15H2,1H3. The van der Waals surface area contributed by atoms with Crippen molar-refractivity contribution >= 4 is 0 Å². The zero-order chi connectivity index (χ0) is 13.0. The Morgan fingerprint density at radius 2 is 2.28 bits per heavy atom. The number of para-hydroxylation sites is 1. The summed E-state index contributed by atoms with van der Waals surface area (Å²) in [5.41, 5.74) is 7.06. The summed E-state index contributed by atoms with van der Waals surface area (Å²) in [4.78, 5) is 2.30. The number of nitrogens with two attached hydrogens (primary N) is 1. The molecular formula is C14H22N2O2. The molecule has 1 saturated heterocycles. The minimum absolute atomic E-state index is 0.126. The van der Waals surface area contributed by atoms with E-state index in [-0.39, 0.29) is 18.7 Å². The highest BCUT2D eigenvalue weighted by Crippen LogP contribution is 2.33. The predicted octanol–water partition coefficient (Wildman–Crippen LogP) is 1.15. The van der Waals surface area contributed by atoms with E-state index in [1.54, 1.807) is 7.11 Å². The summed E-state index contributed by atoms with van der Waals surface area (Å²) in [6.45, 7) is 1.73. The van der Waals surface area contributed by atoms with Gasteiger partial charge in [-0.1, -0.05) is 18.2 Å². The van der Waals surface area contributed by atoms with Gasteiger partial charge in [-0.2, -0.15) is 0 Å². The van der Waals surface area contributed by atoms with E-state index in [0.717, 1.165) is 30.7 Å². The molecule has 0 bridgehead atoms. The summed E-state index contributed by atoms with van der Waals surface area (Å²) in [5.74, 6) is 0.872. The molecule has 1 fully saturated rings. The molecule has 0 aliphatic carbocycles. The second kappa shape index (κ2) is 6.18. The third-order valence-electron chi connectivity index (χ3n) is 3.75. The van der Waals surface area contributed by atoms with E-state index in [1.807, 2.05) is 18.2 Å². The monoisotopic (exact) mass is 250 g/mol. The number of benzene rings is 1. The summed E-state index contributed by atoms with van der Waals surface area (Å²) in [6, 6.07) is 8.34. The molecule has 0 aromatic heterocycles. The van der Waals surface area contributed by atoms with Crippen molar-refractivity contribution in [3.63, 3.8) is 0 Å². The van der Waals surface area contributed by atoms with Gasteiger partial charge in [-0.05, 0) is 25.5 Å². The van der Waals surface area contributed by atoms with Gasteiger partial charge in [0.15, 0.2) is 0 Å². The van der Waals surface area contributed by atoms with Crippen LogP contribution in [0.2, 0.25) is 0 Å². The Labute approximate surface area is 108 Å². The maximum absolute atomic E-state index is 9.44. The summed E-state index contributed by atoms with van der Waals surface area (Å²) >= 11 is 0. The number of likely N-dealkylation sites (tertiary alicyclic amines) is 1. The molecule has 1 aliphatic heterocycles. The molecule has 2 unspecified atom stereocenters. The van der Waals surface area contributed by atoms with Crippen molar-refractivity contribution in [2.45, 2.75) is 24.9 Å². The van der Waals surface area contributed by atoms with E-state index in [1.165, 1.54) is 0 Å². The zero-order valence-electron chi connectivity index (χ0n) is 10.9. The molecule has 0 saturated carbocycles. The first-order chi connectivity index (χ1) is 8.81. The molecule has 0 amide bonds. The molecule has 0 radical (unpaired) electrons. The molecule has 100 valence electrons. The van der Waals surface area contributed by atoms with Crippen LogP contribution in [-0.4, -0.2) is 42.9 Å². The molecule has 2 rings (SSSR count). The Bertz CT molecular complexity index is 384. The lowest BCUT2D eigenvalue weighted by Crippen LogP contribution is -2.39. The first-order valence-corrected chi connectivity index (χ1v) is 6.51. The van der Waals surface area contributed by atoms with Crippen molar-refractivity contribution < 1.29 is 9.84 Å². The normalized spacial score (nSPS) is 22.1. The first kappa shape index (κ1) is 13.3. The lowest BCUT2D eigenvalue weighted by Gasteiger charge is -2.32. The van der Waals surface area contributed by atoms with Gasteiger partial charge in [0.1, 0.15) is 5.75 Å². The van der Waals surface area contributed by atoms with Crippen molar-refractivity contribution in [3.05, 3.63) is 29.8 Å². The van der Waals surface area contributed by atoms with E-state index >= 15 is 0 Å². The van der Waals surface area contributed by atoms with Gasteiger partial charge >= 0.3 is 0 Å². The molecule has 0 spiro atoms. The van der Waals surface area contributed by atoms with Crippen LogP contribution in [0.3, 0.4) is 0 Å². The van der Waals surface area contributed by atoms with E-state index < -0.39 is 0 Å². The highest BCUT2D eigenvalue weighted by atomic mass is 16.5. The summed E-state index contributed by atoms with van der Waals surface area (Å²) in [6.07, 6.45) is 2.17. The molecule has 1 aliphatic rings. The van der Waals surface area contributed by atoms with E-state index in [2.05, 4.69) is 11.0 Å². The molecule has 1 aromatic rings. The minimum Gasteiger partial charge on any atom is -0.496 e. The van der Waals surface area contributed by atoms with Gasteiger partial charge in [0.25, 0.3) is 0 Å². The second-order valence-electron chi connectivity index (χ2n) is 4.71. The van der Waals surface area contributed by atoms with Gasteiger partial charge in [-0.25, -0.2) is 0 Å². The fraction of sp³-hybridized carbons (Fsp3) is 0.571. The lowest BCUT2D eigenvalue weighted by molar-refractivity contribution is 0.120. The Balaban J connectivity index is 2.27. The zero-order valence-corrected chi connectivity index (χ0v) is 10.9. The summed E-state index contributed by atoms with van der Waals surface area (Å²) < 4.78 is 5.41. The van der Waals surface area contributed by atoms with Gasteiger partial charge in [-0.3, -0.25) is 4.90 Å². The fourth-order valence-electron chi connectivity index (χ4n) is 2.85. The topological polar surface area (TPSA) is 58.7 Å². The molecule has 4 nitrogen and oxygen atoms in total.